The lowest BCUT2D eigenvalue weighted by Gasteiger charge is -2.35. The molecule has 2 rings (SSSR count). The molecule has 1 aliphatic rings. The van der Waals surface area contributed by atoms with Gasteiger partial charge in [-0.1, -0.05) is 6.07 Å². The summed E-state index contributed by atoms with van der Waals surface area (Å²) in [4.78, 5) is 13.9. The first-order chi connectivity index (χ1) is 8.47. The molecule has 98 valence electrons. The summed E-state index contributed by atoms with van der Waals surface area (Å²) in [5.41, 5.74) is 0.953. The van der Waals surface area contributed by atoms with Crippen LogP contribution < -0.4 is 0 Å². The molecule has 1 aliphatic heterocycles. The van der Waals surface area contributed by atoms with Gasteiger partial charge in [0.1, 0.15) is 5.82 Å². The SMILES string of the molecule is Cc1ccc(C(=O)N2C[C@@H](C)O[C@@H](C)C2)c(F)c1. The molecule has 0 saturated carbocycles. The molecule has 18 heavy (non-hydrogen) atoms. The average Bonchev–Trinajstić information content (AvgIpc) is 2.26. The Bertz CT molecular complexity index is 451. The zero-order chi connectivity index (χ0) is 13.3. The molecule has 2 atom stereocenters. The molecule has 1 fully saturated rings. The fraction of sp³-hybridized carbons (Fsp3) is 0.500. The Balaban J connectivity index is 2.20. The molecule has 1 saturated heterocycles. The van der Waals surface area contributed by atoms with E-state index in [-0.39, 0.29) is 23.7 Å². The van der Waals surface area contributed by atoms with Crippen molar-refractivity contribution >= 4 is 5.91 Å². The highest BCUT2D eigenvalue weighted by Crippen LogP contribution is 2.17. The number of benzene rings is 1. The van der Waals surface area contributed by atoms with E-state index >= 15 is 0 Å². The summed E-state index contributed by atoms with van der Waals surface area (Å²) in [5.74, 6) is -0.707. The van der Waals surface area contributed by atoms with Crippen molar-refractivity contribution in [2.24, 2.45) is 0 Å². The molecule has 1 amide bonds. The van der Waals surface area contributed by atoms with Crippen molar-refractivity contribution in [1.29, 1.82) is 0 Å². The predicted molar refractivity (Wildman–Crippen MR) is 67.0 cm³/mol. The maximum Gasteiger partial charge on any atom is 0.257 e. The van der Waals surface area contributed by atoms with Gasteiger partial charge in [-0.05, 0) is 38.5 Å². The van der Waals surface area contributed by atoms with E-state index in [0.29, 0.717) is 13.1 Å². The third-order valence-corrected chi connectivity index (χ3v) is 3.06. The van der Waals surface area contributed by atoms with Crippen LogP contribution in [-0.4, -0.2) is 36.1 Å². The molecular formula is C14H18FNO2. The van der Waals surface area contributed by atoms with Crippen molar-refractivity contribution in [3.8, 4) is 0 Å². The van der Waals surface area contributed by atoms with Crippen LogP contribution in [0.2, 0.25) is 0 Å². The van der Waals surface area contributed by atoms with Gasteiger partial charge in [0.2, 0.25) is 0 Å². The van der Waals surface area contributed by atoms with Gasteiger partial charge in [0.15, 0.2) is 0 Å². The highest BCUT2D eigenvalue weighted by molar-refractivity contribution is 5.94. The summed E-state index contributed by atoms with van der Waals surface area (Å²) in [7, 11) is 0. The minimum atomic E-state index is -0.452. The van der Waals surface area contributed by atoms with Crippen molar-refractivity contribution in [2.75, 3.05) is 13.1 Å². The summed E-state index contributed by atoms with van der Waals surface area (Å²) >= 11 is 0. The Morgan fingerprint density at radius 1 is 1.33 bits per heavy atom. The standard InChI is InChI=1S/C14H18FNO2/c1-9-4-5-12(13(15)6-9)14(17)16-7-10(2)18-11(3)8-16/h4-6,10-11H,7-8H2,1-3H3/t10-,11+. The van der Waals surface area contributed by atoms with Crippen LogP contribution in [0.4, 0.5) is 4.39 Å². The average molecular weight is 251 g/mol. The number of aryl methyl sites for hydroxylation is 1. The van der Waals surface area contributed by atoms with E-state index < -0.39 is 5.82 Å². The molecule has 0 N–H and O–H groups in total. The summed E-state index contributed by atoms with van der Waals surface area (Å²) in [6.07, 6.45) is -0.0163. The van der Waals surface area contributed by atoms with E-state index in [1.54, 1.807) is 24.0 Å². The largest absolute Gasteiger partial charge is 0.372 e. The van der Waals surface area contributed by atoms with Crippen LogP contribution in [0.1, 0.15) is 29.8 Å². The van der Waals surface area contributed by atoms with Crippen LogP contribution >= 0.6 is 0 Å². The molecule has 1 aromatic rings. The van der Waals surface area contributed by atoms with Gasteiger partial charge in [0, 0.05) is 13.1 Å². The molecule has 0 spiro atoms. The zero-order valence-corrected chi connectivity index (χ0v) is 10.9. The van der Waals surface area contributed by atoms with E-state index in [0.717, 1.165) is 5.56 Å². The molecule has 0 radical (unpaired) electrons. The molecule has 0 unspecified atom stereocenters. The zero-order valence-electron chi connectivity index (χ0n) is 10.9. The van der Waals surface area contributed by atoms with Crippen molar-refractivity contribution in [3.63, 3.8) is 0 Å². The molecule has 0 aliphatic carbocycles. The summed E-state index contributed by atoms with van der Waals surface area (Å²) in [6, 6.07) is 4.70. The Hall–Kier alpha value is -1.42. The second kappa shape index (κ2) is 5.06. The number of hydrogen-bond acceptors (Lipinski definition) is 2. The normalized spacial score (nSPS) is 24.1. The van der Waals surface area contributed by atoms with Gasteiger partial charge in [0.05, 0.1) is 17.8 Å². The van der Waals surface area contributed by atoms with Crippen molar-refractivity contribution in [2.45, 2.75) is 33.0 Å². The van der Waals surface area contributed by atoms with Gasteiger partial charge in [-0.15, -0.1) is 0 Å². The van der Waals surface area contributed by atoms with Gasteiger partial charge in [0.25, 0.3) is 5.91 Å². The fourth-order valence-electron chi connectivity index (χ4n) is 2.31. The van der Waals surface area contributed by atoms with E-state index in [4.69, 9.17) is 4.74 Å². The lowest BCUT2D eigenvalue weighted by Crippen LogP contribution is -2.48. The second-order valence-corrected chi connectivity index (χ2v) is 4.95. The van der Waals surface area contributed by atoms with Gasteiger partial charge in [-0.3, -0.25) is 4.79 Å². The Morgan fingerprint density at radius 3 is 2.50 bits per heavy atom. The van der Waals surface area contributed by atoms with Crippen molar-refractivity contribution in [1.82, 2.24) is 4.90 Å². The van der Waals surface area contributed by atoms with Crippen LogP contribution in [0.5, 0.6) is 0 Å². The first kappa shape index (κ1) is 13.0. The lowest BCUT2D eigenvalue weighted by atomic mass is 10.1. The van der Waals surface area contributed by atoms with Gasteiger partial charge in [-0.25, -0.2) is 4.39 Å². The maximum atomic E-state index is 13.8. The number of carbonyl (C=O) groups excluding carboxylic acids is 1. The first-order valence-corrected chi connectivity index (χ1v) is 6.18. The first-order valence-electron chi connectivity index (χ1n) is 6.18. The number of rotatable bonds is 1. The number of hydrogen-bond donors (Lipinski definition) is 0. The molecule has 3 nitrogen and oxygen atoms in total. The summed E-state index contributed by atoms with van der Waals surface area (Å²) in [5, 5.41) is 0. The Kier molecular flexibility index (Phi) is 3.66. The third kappa shape index (κ3) is 2.70. The Labute approximate surface area is 107 Å². The molecule has 0 aromatic heterocycles. The number of carbonyl (C=O) groups is 1. The van der Waals surface area contributed by atoms with Crippen LogP contribution in [-0.2, 0) is 4.74 Å². The minimum absolute atomic E-state index is 0.00814. The highest BCUT2D eigenvalue weighted by atomic mass is 19.1. The quantitative estimate of drug-likeness (QED) is 0.767. The van der Waals surface area contributed by atoms with E-state index in [1.807, 2.05) is 13.8 Å². The van der Waals surface area contributed by atoms with E-state index in [9.17, 15) is 9.18 Å². The number of morpholine rings is 1. The smallest absolute Gasteiger partial charge is 0.257 e. The van der Waals surface area contributed by atoms with E-state index in [2.05, 4.69) is 0 Å². The van der Waals surface area contributed by atoms with Gasteiger partial charge < -0.3 is 9.64 Å². The number of nitrogens with zero attached hydrogens (tertiary/aromatic N) is 1. The predicted octanol–water partition coefficient (Wildman–Crippen LogP) is 2.38. The summed E-state index contributed by atoms with van der Waals surface area (Å²) in [6.45, 7) is 6.66. The van der Waals surface area contributed by atoms with Gasteiger partial charge >= 0.3 is 0 Å². The van der Waals surface area contributed by atoms with Crippen LogP contribution in [0.25, 0.3) is 0 Å². The van der Waals surface area contributed by atoms with Crippen molar-refractivity contribution < 1.29 is 13.9 Å². The number of ether oxygens (including phenoxy) is 1. The minimum Gasteiger partial charge on any atom is -0.372 e. The monoisotopic (exact) mass is 251 g/mol. The second-order valence-electron chi connectivity index (χ2n) is 4.95. The third-order valence-electron chi connectivity index (χ3n) is 3.06. The van der Waals surface area contributed by atoms with Crippen LogP contribution in [0.3, 0.4) is 0 Å². The summed E-state index contributed by atoms with van der Waals surface area (Å²) < 4.78 is 19.3. The van der Waals surface area contributed by atoms with Crippen LogP contribution in [0.15, 0.2) is 18.2 Å². The lowest BCUT2D eigenvalue weighted by molar-refractivity contribution is -0.0587. The molecule has 4 heteroatoms. The number of halogens is 1. The topological polar surface area (TPSA) is 29.5 Å². The molecule has 0 bridgehead atoms. The molecule has 1 aromatic carbocycles. The van der Waals surface area contributed by atoms with Crippen molar-refractivity contribution in [3.05, 3.63) is 35.1 Å². The molecular weight excluding hydrogens is 233 g/mol. The van der Waals surface area contributed by atoms with E-state index in [1.165, 1.54) is 6.07 Å². The number of amides is 1. The molecule has 1 heterocycles. The fourth-order valence-corrected chi connectivity index (χ4v) is 2.31. The van der Waals surface area contributed by atoms with Crippen LogP contribution in [0, 0.1) is 12.7 Å². The Morgan fingerprint density at radius 2 is 1.94 bits per heavy atom. The van der Waals surface area contributed by atoms with Gasteiger partial charge in [-0.2, -0.15) is 0 Å². The highest BCUT2D eigenvalue weighted by Gasteiger charge is 2.27. The maximum absolute atomic E-state index is 13.8.